The minimum Gasteiger partial charge on any atom is -0.354 e. The van der Waals surface area contributed by atoms with E-state index in [0.29, 0.717) is 17.1 Å². The highest BCUT2D eigenvalue weighted by Crippen LogP contribution is 2.27. The van der Waals surface area contributed by atoms with Crippen molar-refractivity contribution in [1.29, 1.82) is 0 Å². The Labute approximate surface area is 263 Å². The molecule has 7 nitrogen and oxygen atoms in total. The summed E-state index contributed by atoms with van der Waals surface area (Å²) in [6.07, 6.45) is 1.82. The van der Waals surface area contributed by atoms with Crippen molar-refractivity contribution in [3.63, 3.8) is 0 Å². The van der Waals surface area contributed by atoms with Crippen LogP contribution >= 0.6 is 11.6 Å². The number of carbonyl (C=O) groups is 2. The molecule has 0 heterocycles. The van der Waals surface area contributed by atoms with E-state index < -0.39 is 34.3 Å². The summed E-state index contributed by atoms with van der Waals surface area (Å²) in [6, 6.07) is 28.0. The lowest BCUT2D eigenvalue weighted by atomic mass is 10.0. The lowest BCUT2D eigenvalue weighted by Gasteiger charge is -2.34. The van der Waals surface area contributed by atoms with Gasteiger partial charge in [-0.2, -0.15) is 0 Å². The van der Waals surface area contributed by atoms with E-state index in [9.17, 15) is 22.4 Å². The molecule has 0 spiro atoms. The van der Waals surface area contributed by atoms with Gasteiger partial charge < -0.3 is 10.2 Å². The van der Waals surface area contributed by atoms with E-state index in [0.717, 1.165) is 22.7 Å². The Bertz CT molecular complexity index is 1640. The second-order valence-corrected chi connectivity index (χ2v) is 12.6. The molecule has 0 unspecified atom stereocenters. The zero-order valence-corrected chi connectivity index (χ0v) is 26.0. The average molecular weight is 636 g/mol. The smallest absolute Gasteiger partial charge is 0.264 e. The Balaban J connectivity index is 1.78. The fourth-order valence-corrected chi connectivity index (χ4v) is 6.34. The van der Waals surface area contributed by atoms with Crippen LogP contribution in [0.4, 0.5) is 10.1 Å². The third kappa shape index (κ3) is 8.67. The van der Waals surface area contributed by atoms with Gasteiger partial charge >= 0.3 is 0 Å². The van der Waals surface area contributed by atoms with Gasteiger partial charge in [-0.15, -0.1) is 0 Å². The van der Waals surface area contributed by atoms with Crippen molar-refractivity contribution in [3.05, 3.63) is 131 Å². The molecule has 4 rings (SSSR count). The largest absolute Gasteiger partial charge is 0.354 e. The Morgan fingerprint density at radius 1 is 0.864 bits per heavy atom. The van der Waals surface area contributed by atoms with Crippen LogP contribution in [0, 0.1) is 5.82 Å². The second kappa shape index (κ2) is 15.5. The number of nitrogens with zero attached hydrogens (tertiary/aromatic N) is 2. The quantitative estimate of drug-likeness (QED) is 0.166. The molecule has 0 aliphatic heterocycles. The van der Waals surface area contributed by atoms with Crippen molar-refractivity contribution in [2.24, 2.45) is 0 Å². The van der Waals surface area contributed by atoms with E-state index in [1.165, 1.54) is 35.2 Å². The Kier molecular flexibility index (Phi) is 11.5. The Morgan fingerprint density at radius 2 is 1.52 bits per heavy atom. The van der Waals surface area contributed by atoms with E-state index in [4.69, 9.17) is 11.6 Å². The molecule has 230 valence electrons. The molecule has 0 aliphatic rings. The van der Waals surface area contributed by atoms with Crippen LogP contribution in [0.15, 0.2) is 114 Å². The number of sulfonamides is 1. The highest BCUT2D eigenvalue weighted by Gasteiger charge is 2.34. The molecule has 0 radical (unpaired) electrons. The normalized spacial score (nSPS) is 11.9. The Morgan fingerprint density at radius 3 is 2.16 bits per heavy atom. The first-order valence-corrected chi connectivity index (χ1v) is 16.2. The predicted molar refractivity (Wildman–Crippen MR) is 171 cm³/mol. The number of benzene rings is 4. The number of anilines is 1. The van der Waals surface area contributed by atoms with Crippen LogP contribution in [0.2, 0.25) is 5.02 Å². The molecule has 0 fully saturated rings. The van der Waals surface area contributed by atoms with Gasteiger partial charge in [-0.25, -0.2) is 12.8 Å². The number of hydrogen-bond acceptors (Lipinski definition) is 4. The summed E-state index contributed by atoms with van der Waals surface area (Å²) < 4.78 is 42.7. The van der Waals surface area contributed by atoms with Gasteiger partial charge in [-0.3, -0.25) is 13.9 Å². The number of rotatable bonds is 14. The number of unbranched alkanes of at least 4 members (excludes halogenated alkanes) is 1. The molecule has 10 heteroatoms. The van der Waals surface area contributed by atoms with Crippen LogP contribution in [-0.2, 0) is 32.6 Å². The standard InChI is InChI=1S/C34H35ClFN3O4S/c1-2-3-21-37-34(41)32(22-26-11-6-4-7-12-26)38(24-27-17-19-29(36)20-18-27)33(40)25-39(30-14-10-13-28(35)23-30)44(42,43)31-15-8-5-9-16-31/h4-20,23,32H,2-3,21-22,24-25H2,1H3,(H,37,41)/t32-/m0/s1. The monoisotopic (exact) mass is 635 g/mol. The lowest BCUT2D eigenvalue weighted by molar-refractivity contribution is -0.140. The van der Waals surface area contributed by atoms with Crippen LogP contribution < -0.4 is 9.62 Å². The number of amides is 2. The average Bonchev–Trinajstić information content (AvgIpc) is 3.03. The number of hydrogen-bond donors (Lipinski definition) is 1. The molecular formula is C34H35ClFN3O4S. The van der Waals surface area contributed by atoms with Crippen molar-refractivity contribution < 1.29 is 22.4 Å². The fraction of sp³-hybridized carbons (Fsp3) is 0.235. The van der Waals surface area contributed by atoms with Gasteiger partial charge in [-0.1, -0.05) is 91.7 Å². The minimum absolute atomic E-state index is 0.00370. The SMILES string of the molecule is CCCCNC(=O)[C@H](Cc1ccccc1)N(Cc1ccc(F)cc1)C(=O)CN(c1cccc(Cl)c1)S(=O)(=O)c1ccccc1. The zero-order valence-electron chi connectivity index (χ0n) is 24.4. The maximum absolute atomic E-state index is 14.4. The maximum atomic E-state index is 14.4. The minimum atomic E-state index is -4.22. The molecule has 2 amide bonds. The molecule has 0 aliphatic carbocycles. The predicted octanol–water partition coefficient (Wildman–Crippen LogP) is 6.23. The highest BCUT2D eigenvalue weighted by atomic mass is 35.5. The van der Waals surface area contributed by atoms with E-state index in [-0.39, 0.29) is 29.5 Å². The fourth-order valence-electron chi connectivity index (χ4n) is 4.73. The lowest BCUT2D eigenvalue weighted by Crippen LogP contribution is -2.53. The van der Waals surface area contributed by atoms with Gasteiger partial charge in [0.05, 0.1) is 10.6 Å². The summed E-state index contributed by atoms with van der Waals surface area (Å²) in [5.74, 6) is -1.41. The van der Waals surface area contributed by atoms with Crippen molar-refractivity contribution in [2.75, 3.05) is 17.4 Å². The zero-order chi connectivity index (χ0) is 31.5. The molecular weight excluding hydrogens is 601 g/mol. The maximum Gasteiger partial charge on any atom is 0.264 e. The highest BCUT2D eigenvalue weighted by molar-refractivity contribution is 7.92. The van der Waals surface area contributed by atoms with Crippen LogP contribution in [0.5, 0.6) is 0 Å². The number of nitrogens with one attached hydrogen (secondary N) is 1. The van der Waals surface area contributed by atoms with E-state index in [1.807, 2.05) is 37.3 Å². The summed E-state index contributed by atoms with van der Waals surface area (Å²) in [4.78, 5) is 29.4. The van der Waals surface area contributed by atoms with Crippen molar-refractivity contribution in [3.8, 4) is 0 Å². The van der Waals surface area contributed by atoms with Crippen LogP contribution in [0.25, 0.3) is 0 Å². The van der Waals surface area contributed by atoms with Gasteiger partial charge in [0, 0.05) is 24.5 Å². The summed E-state index contributed by atoms with van der Waals surface area (Å²) in [6.45, 7) is 1.78. The van der Waals surface area contributed by atoms with Crippen LogP contribution in [0.1, 0.15) is 30.9 Å². The third-order valence-corrected chi connectivity index (χ3v) is 9.10. The molecule has 0 aromatic heterocycles. The van der Waals surface area contributed by atoms with E-state index in [2.05, 4.69) is 5.32 Å². The third-order valence-electron chi connectivity index (χ3n) is 7.07. The summed E-state index contributed by atoms with van der Waals surface area (Å²) >= 11 is 6.25. The van der Waals surface area contributed by atoms with Crippen molar-refractivity contribution in [2.45, 2.75) is 43.7 Å². The first-order valence-electron chi connectivity index (χ1n) is 14.4. The molecule has 0 saturated heterocycles. The molecule has 44 heavy (non-hydrogen) atoms. The second-order valence-electron chi connectivity index (χ2n) is 10.3. The van der Waals surface area contributed by atoms with Crippen molar-refractivity contribution in [1.82, 2.24) is 10.2 Å². The van der Waals surface area contributed by atoms with Gasteiger partial charge in [0.2, 0.25) is 11.8 Å². The number of carbonyl (C=O) groups excluding carboxylic acids is 2. The van der Waals surface area contributed by atoms with Gasteiger partial charge in [0.15, 0.2) is 0 Å². The summed E-state index contributed by atoms with van der Waals surface area (Å²) in [7, 11) is -4.22. The molecule has 1 atom stereocenters. The summed E-state index contributed by atoms with van der Waals surface area (Å²) in [5.41, 5.74) is 1.60. The summed E-state index contributed by atoms with van der Waals surface area (Å²) in [5, 5.41) is 3.24. The first-order chi connectivity index (χ1) is 21.2. The molecule has 4 aromatic rings. The topological polar surface area (TPSA) is 86.8 Å². The van der Waals surface area contributed by atoms with Gasteiger partial charge in [0.25, 0.3) is 10.0 Å². The number of halogens is 2. The van der Waals surface area contributed by atoms with Gasteiger partial charge in [-0.05, 0) is 60.0 Å². The molecule has 1 N–H and O–H groups in total. The van der Waals surface area contributed by atoms with E-state index >= 15 is 0 Å². The molecule has 0 bridgehead atoms. The first kappa shape index (κ1) is 32.7. The Hall–Kier alpha value is -4.21. The van der Waals surface area contributed by atoms with Crippen LogP contribution in [-0.4, -0.2) is 44.3 Å². The molecule has 0 saturated carbocycles. The van der Waals surface area contributed by atoms with E-state index in [1.54, 1.807) is 48.5 Å². The molecule has 4 aromatic carbocycles. The van der Waals surface area contributed by atoms with Crippen molar-refractivity contribution >= 4 is 39.1 Å². The van der Waals surface area contributed by atoms with Gasteiger partial charge in [0.1, 0.15) is 18.4 Å². The van der Waals surface area contributed by atoms with Crippen LogP contribution in [0.3, 0.4) is 0 Å².